The molecule has 0 radical (unpaired) electrons. The monoisotopic (exact) mass is 486 g/mol. The fourth-order valence-electron chi connectivity index (χ4n) is 8.00. The van der Waals surface area contributed by atoms with Crippen molar-refractivity contribution in [3.63, 3.8) is 0 Å². The number of epoxide rings is 1. The van der Waals surface area contributed by atoms with Gasteiger partial charge in [0.25, 0.3) is 0 Å². The fourth-order valence-corrected chi connectivity index (χ4v) is 8.00. The Balaban J connectivity index is 1.55. The second kappa shape index (κ2) is 7.84. The molecule has 0 aromatic carbocycles. The van der Waals surface area contributed by atoms with E-state index in [1.165, 1.54) is 0 Å². The number of ketones is 2. The molecule has 0 amide bonds. The molecule has 190 valence electrons. The lowest BCUT2D eigenvalue weighted by Crippen LogP contribution is -2.65. The van der Waals surface area contributed by atoms with Crippen LogP contribution in [0.25, 0.3) is 0 Å². The van der Waals surface area contributed by atoms with Crippen molar-refractivity contribution in [2.75, 3.05) is 6.61 Å². The Bertz CT molecular complexity index is 1060. The molecule has 1 spiro atoms. The summed E-state index contributed by atoms with van der Waals surface area (Å²) in [6, 6.07) is 0. The Hall–Kier alpha value is -2.32. The number of carbonyl (C=O) groups is 4. The first-order valence-electron chi connectivity index (χ1n) is 12.7. The molecular weight excluding hydrogens is 452 g/mol. The van der Waals surface area contributed by atoms with Crippen LogP contribution in [0.1, 0.15) is 66.2 Å². The van der Waals surface area contributed by atoms with Gasteiger partial charge in [0.15, 0.2) is 12.4 Å². The number of Topliss-reactive ketones (excluding diaryl/α,β-unsaturated/α-hetero) is 1. The van der Waals surface area contributed by atoms with Crippen molar-refractivity contribution in [1.29, 1.82) is 0 Å². The summed E-state index contributed by atoms with van der Waals surface area (Å²) in [4.78, 5) is 50.2. The Morgan fingerprint density at radius 2 is 1.86 bits per heavy atom. The molecule has 5 rings (SSSR count). The molecule has 1 saturated heterocycles. The average Bonchev–Trinajstić information content (AvgIpc) is 3.50. The van der Waals surface area contributed by atoms with Crippen molar-refractivity contribution in [3.05, 3.63) is 23.8 Å². The molecule has 0 aromatic heterocycles. The molecule has 8 heteroatoms. The number of fused-ring (bicyclic) bond motifs is 3. The molecule has 0 aromatic rings. The zero-order valence-electron chi connectivity index (χ0n) is 20.8. The minimum absolute atomic E-state index is 0.00842. The van der Waals surface area contributed by atoms with Crippen molar-refractivity contribution in [2.24, 2.45) is 22.7 Å². The van der Waals surface area contributed by atoms with Crippen LogP contribution >= 0.6 is 0 Å². The highest BCUT2D eigenvalue weighted by Gasteiger charge is 2.83. The van der Waals surface area contributed by atoms with Crippen LogP contribution < -0.4 is 0 Å². The number of aliphatic hydroxyl groups excluding tert-OH is 1. The van der Waals surface area contributed by atoms with E-state index in [2.05, 4.69) is 6.92 Å². The maximum absolute atomic E-state index is 13.7. The molecule has 4 aliphatic carbocycles. The summed E-state index contributed by atoms with van der Waals surface area (Å²) in [6.45, 7) is 6.74. The third-order valence-electron chi connectivity index (χ3n) is 9.75. The normalized spacial score (nSPS) is 44.8. The van der Waals surface area contributed by atoms with Gasteiger partial charge in [-0.1, -0.05) is 32.4 Å². The van der Waals surface area contributed by atoms with Gasteiger partial charge in [-0.05, 0) is 56.6 Å². The Morgan fingerprint density at radius 1 is 1.14 bits per heavy atom. The van der Waals surface area contributed by atoms with Gasteiger partial charge in [-0.3, -0.25) is 19.2 Å². The van der Waals surface area contributed by atoms with Gasteiger partial charge in [0.05, 0.1) is 6.10 Å². The SMILES string of the molecule is CCC(=O)OCC(=O)[C@@]1(OC(=O)CC)[C@@H](O)C[C@H]2[C@@H]3CCC4=CC(=O)C=C[C@]4(C)[C@@]34O[C@H]4C[C@@]21C. The summed E-state index contributed by atoms with van der Waals surface area (Å²) < 4.78 is 17.6. The molecule has 0 bridgehead atoms. The summed E-state index contributed by atoms with van der Waals surface area (Å²) in [6.07, 6.45) is 6.20. The fraction of sp³-hybridized carbons (Fsp3) is 0.704. The number of hydrogen-bond acceptors (Lipinski definition) is 8. The molecule has 1 aliphatic heterocycles. The Kier molecular flexibility index (Phi) is 5.46. The number of hydrogen-bond donors (Lipinski definition) is 1. The molecule has 1 N–H and O–H groups in total. The van der Waals surface area contributed by atoms with E-state index in [0.29, 0.717) is 6.42 Å². The maximum Gasteiger partial charge on any atom is 0.306 e. The largest absolute Gasteiger partial charge is 0.457 e. The summed E-state index contributed by atoms with van der Waals surface area (Å²) in [7, 11) is 0. The van der Waals surface area contributed by atoms with Gasteiger partial charge in [-0.15, -0.1) is 0 Å². The first-order valence-corrected chi connectivity index (χ1v) is 12.7. The first-order chi connectivity index (χ1) is 16.5. The molecular formula is C27H34O8. The smallest absolute Gasteiger partial charge is 0.306 e. The van der Waals surface area contributed by atoms with Gasteiger partial charge in [-0.25, -0.2) is 0 Å². The molecule has 3 saturated carbocycles. The molecule has 0 unspecified atom stereocenters. The van der Waals surface area contributed by atoms with Crippen LogP contribution in [-0.2, 0) is 33.4 Å². The zero-order valence-corrected chi connectivity index (χ0v) is 20.8. The molecule has 8 atom stereocenters. The standard InChI is InChI=1S/C27H34O8/c1-5-22(31)33-14-20(30)27(35-23(32)6-2)19(29)12-18-17-8-7-15-11-16(28)9-10-24(15,3)26(17)21(34-26)13-25(18,27)4/h9-11,17-19,21,29H,5-8,12-14H2,1-4H3/t17-,18-,19-,21-,24-,25-,26+,27-/m0/s1. The predicted octanol–water partition coefficient (Wildman–Crippen LogP) is 2.61. The lowest BCUT2D eigenvalue weighted by molar-refractivity contribution is -0.201. The van der Waals surface area contributed by atoms with Gasteiger partial charge in [0, 0.05) is 23.7 Å². The predicted molar refractivity (Wildman–Crippen MR) is 123 cm³/mol. The number of ether oxygens (including phenoxy) is 3. The number of allylic oxidation sites excluding steroid dienone is 2. The molecule has 8 nitrogen and oxygen atoms in total. The van der Waals surface area contributed by atoms with E-state index in [4.69, 9.17) is 14.2 Å². The van der Waals surface area contributed by atoms with E-state index in [9.17, 15) is 24.3 Å². The van der Waals surface area contributed by atoms with Gasteiger partial charge >= 0.3 is 11.9 Å². The third kappa shape index (κ3) is 2.99. The second-order valence-corrected chi connectivity index (χ2v) is 11.1. The summed E-state index contributed by atoms with van der Waals surface area (Å²) >= 11 is 0. The zero-order chi connectivity index (χ0) is 25.4. The molecule has 1 heterocycles. The lowest BCUT2D eigenvalue weighted by Gasteiger charge is -2.55. The van der Waals surface area contributed by atoms with Crippen LogP contribution in [0.3, 0.4) is 0 Å². The van der Waals surface area contributed by atoms with E-state index < -0.39 is 52.5 Å². The minimum Gasteiger partial charge on any atom is -0.457 e. The highest BCUT2D eigenvalue weighted by atomic mass is 16.6. The molecule has 35 heavy (non-hydrogen) atoms. The van der Waals surface area contributed by atoms with E-state index in [0.717, 1.165) is 18.4 Å². The van der Waals surface area contributed by atoms with Crippen LogP contribution in [0, 0.1) is 22.7 Å². The van der Waals surface area contributed by atoms with Crippen molar-refractivity contribution >= 4 is 23.5 Å². The Morgan fingerprint density at radius 3 is 2.54 bits per heavy atom. The molecule has 5 aliphatic rings. The highest BCUT2D eigenvalue weighted by molar-refractivity contribution is 6.01. The van der Waals surface area contributed by atoms with Crippen molar-refractivity contribution in [3.8, 4) is 0 Å². The van der Waals surface area contributed by atoms with Crippen molar-refractivity contribution in [2.45, 2.75) is 89.6 Å². The molecule has 4 fully saturated rings. The van der Waals surface area contributed by atoms with Crippen molar-refractivity contribution in [1.82, 2.24) is 0 Å². The van der Waals surface area contributed by atoms with E-state index in [1.807, 2.05) is 13.0 Å². The number of rotatable bonds is 6. The van der Waals surface area contributed by atoms with Gasteiger partial charge in [-0.2, -0.15) is 0 Å². The topological polar surface area (TPSA) is 120 Å². The van der Waals surface area contributed by atoms with Gasteiger partial charge in [0.1, 0.15) is 11.7 Å². The van der Waals surface area contributed by atoms with E-state index >= 15 is 0 Å². The van der Waals surface area contributed by atoms with Gasteiger partial charge in [0.2, 0.25) is 11.4 Å². The van der Waals surface area contributed by atoms with Crippen LogP contribution in [0.15, 0.2) is 23.8 Å². The minimum atomic E-state index is -1.81. The summed E-state index contributed by atoms with van der Waals surface area (Å²) in [5.74, 6) is -1.86. The quantitative estimate of drug-likeness (QED) is 0.449. The second-order valence-electron chi connectivity index (χ2n) is 11.1. The van der Waals surface area contributed by atoms with Crippen molar-refractivity contribution < 1.29 is 38.5 Å². The summed E-state index contributed by atoms with van der Waals surface area (Å²) in [5.41, 5.74) is -2.59. The highest BCUT2D eigenvalue weighted by Crippen LogP contribution is 2.76. The number of aliphatic hydroxyl groups is 1. The van der Waals surface area contributed by atoms with Crippen LogP contribution in [0.4, 0.5) is 0 Å². The first kappa shape index (κ1) is 24.4. The number of carbonyl (C=O) groups excluding carboxylic acids is 4. The third-order valence-corrected chi connectivity index (χ3v) is 9.75. The number of esters is 2. The summed E-state index contributed by atoms with van der Waals surface area (Å²) in [5, 5.41) is 11.4. The van der Waals surface area contributed by atoms with Crippen LogP contribution in [-0.4, -0.2) is 58.6 Å². The van der Waals surface area contributed by atoms with E-state index in [-0.39, 0.29) is 43.0 Å². The van der Waals surface area contributed by atoms with E-state index in [1.54, 1.807) is 26.0 Å². The lowest BCUT2D eigenvalue weighted by atomic mass is 9.46. The average molecular weight is 487 g/mol. The Labute approximate surface area is 205 Å². The van der Waals surface area contributed by atoms with Crippen LogP contribution in [0.5, 0.6) is 0 Å². The van der Waals surface area contributed by atoms with Crippen LogP contribution in [0.2, 0.25) is 0 Å². The van der Waals surface area contributed by atoms with Gasteiger partial charge < -0.3 is 19.3 Å². The maximum atomic E-state index is 13.7.